The van der Waals surface area contributed by atoms with Crippen molar-refractivity contribution in [1.29, 1.82) is 0 Å². The lowest BCUT2D eigenvalue weighted by molar-refractivity contribution is 1.11. The van der Waals surface area contributed by atoms with Gasteiger partial charge in [-0.3, -0.25) is 4.57 Å². The molecular formula is C40H27N3. The zero-order valence-electron chi connectivity index (χ0n) is 23.4. The molecule has 0 aliphatic heterocycles. The van der Waals surface area contributed by atoms with Crippen LogP contribution < -0.4 is 0 Å². The summed E-state index contributed by atoms with van der Waals surface area (Å²) >= 11 is 0. The molecule has 3 nitrogen and oxygen atoms in total. The Morgan fingerprint density at radius 2 is 0.884 bits per heavy atom. The van der Waals surface area contributed by atoms with Gasteiger partial charge in [-0.15, -0.1) is 0 Å². The Balaban J connectivity index is 1.52. The fraction of sp³-hybridized carbons (Fsp3) is 0. The fourth-order valence-corrected chi connectivity index (χ4v) is 6.11. The van der Waals surface area contributed by atoms with Gasteiger partial charge in [-0.05, 0) is 40.5 Å². The van der Waals surface area contributed by atoms with Gasteiger partial charge in [-0.25, -0.2) is 9.97 Å². The van der Waals surface area contributed by atoms with E-state index in [1.165, 1.54) is 0 Å². The maximum absolute atomic E-state index is 5.45. The number of benzene rings is 6. The van der Waals surface area contributed by atoms with Crippen LogP contribution in [0, 0.1) is 0 Å². The number of rotatable bonds is 5. The Morgan fingerprint density at radius 1 is 0.395 bits per heavy atom. The lowest BCUT2D eigenvalue weighted by Crippen LogP contribution is -2.00. The van der Waals surface area contributed by atoms with Gasteiger partial charge in [0, 0.05) is 22.2 Å². The summed E-state index contributed by atoms with van der Waals surface area (Å²) in [6, 6.07) is 57.1. The normalized spacial score (nSPS) is 11.3. The van der Waals surface area contributed by atoms with Crippen LogP contribution in [0.15, 0.2) is 164 Å². The van der Waals surface area contributed by atoms with Crippen LogP contribution in [0.3, 0.4) is 0 Å². The van der Waals surface area contributed by atoms with E-state index in [0.717, 1.165) is 66.7 Å². The summed E-state index contributed by atoms with van der Waals surface area (Å²) in [5.74, 6) is 0.699. The summed E-state index contributed by atoms with van der Waals surface area (Å²) < 4.78 is 2.27. The SMILES string of the molecule is c1ccc(-c2ccccc2-c2nc(-c3ccccc3-c3ccccc3)c3c4ccccc4n(-c4ccccc4)c3n2)cc1. The average molecular weight is 550 g/mol. The van der Waals surface area contributed by atoms with E-state index in [0.29, 0.717) is 5.82 Å². The molecule has 0 amide bonds. The first-order valence-corrected chi connectivity index (χ1v) is 14.5. The van der Waals surface area contributed by atoms with E-state index in [2.05, 4.69) is 162 Å². The molecule has 3 heteroatoms. The molecule has 0 fully saturated rings. The Kier molecular flexibility index (Phi) is 6.12. The maximum Gasteiger partial charge on any atom is 0.162 e. The number of fused-ring (bicyclic) bond motifs is 3. The largest absolute Gasteiger partial charge is 0.294 e. The standard InChI is InChI=1S/C40H27N3/c1-4-16-28(17-5-1)31-22-10-12-24-33(31)38-37-35-26-14-15-27-36(35)43(30-20-8-3-9-21-30)40(37)42-39(41-38)34-25-13-11-23-32(34)29-18-6-2-7-19-29/h1-27H. The topological polar surface area (TPSA) is 30.7 Å². The molecule has 8 rings (SSSR count). The molecule has 0 aliphatic carbocycles. The van der Waals surface area contributed by atoms with Crippen LogP contribution >= 0.6 is 0 Å². The van der Waals surface area contributed by atoms with Gasteiger partial charge in [0.2, 0.25) is 0 Å². The summed E-state index contributed by atoms with van der Waals surface area (Å²) in [4.78, 5) is 10.8. The molecule has 6 aromatic carbocycles. The minimum absolute atomic E-state index is 0.699. The van der Waals surface area contributed by atoms with Crippen LogP contribution in [0.4, 0.5) is 0 Å². The molecule has 0 saturated carbocycles. The quantitative estimate of drug-likeness (QED) is 0.214. The van der Waals surface area contributed by atoms with Crippen molar-refractivity contribution >= 4 is 21.9 Å². The fourth-order valence-electron chi connectivity index (χ4n) is 6.11. The molecule has 0 radical (unpaired) electrons. The smallest absolute Gasteiger partial charge is 0.162 e. The van der Waals surface area contributed by atoms with Crippen molar-refractivity contribution in [2.45, 2.75) is 0 Å². The molecule has 0 unspecified atom stereocenters. The summed E-state index contributed by atoms with van der Waals surface area (Å²) in [6.07, 6.45) is 0. The second kappa shape index (κ2) is 10.6. The highest BCUT2D eigenvalue weighted by molar-refractivity contribution is 6.15. The molecular weight excluding hydrogens is 522 g/mol. The number of aromatic nitrogens is 3. The molecule has 0 saturated heterocycles. The van der Waals surface area contributed by atoms with Gasteiger partial charge in [-0.1, -0.05) is 146 Å². The van der Waals surface area contributed by atoms with E-state index in [1.54, 1.807) is 0 Å². The third-order valence-corrected chi connectivity index (χ3v) is 8.05. The van der Waals surface area contributed by atoms with Gasteiger partial charge >= 0.3 is 0 Å². The van der Waals surface area contributed by atoms with E-state index in [4.69, 9.17) is 9.97 Å². The highest BCUT2D eigenvalue weighted by Gasteiger charge is 2.23. The summed E-state index contributed by atoms with van der Waals surface area (Å²) in [7, 11) is 0. The molecule has 202 valence electrons. The van der Waals surface area contributed by atoms with Crippen LogP contribution in [0.2, 0.25) is 0 Å². The Hall–Kier alpha value is -5.80. The van der Waals surface area contributed by atoms with Gasteiger partial charge < -0.3 is 0 Å². The van der Waals surface area contributed by atoms with Gasteiger partial charge in [0.15, 0.2) is 5.82 Å². The van der Waals surface area contributed by atoms with E-state index in [1.807, 2.05) is 6.07 Å². The maximum atomic E-state index is 5.45. The van der Waals surface area contributed by atoms with E-state index < -0.39 is 0 Å². The van der Waals surface area contributed by atoms with Crippen molar-refractivity contribution < 1.29 is 0 Å². The van der Waals surface area contributed by atoms with Crippen LogP contribution in [-0.4, -0.2) is 14.5 Å². The van der Waals surface area contributed by atoms with Crippen molar-refractivity contribution in [2.24, 2.45) is 0 Å². The molecule has 0 N–H and O–H groups in total. The molecule has 8 aromatic rings. The van der Waals surface area contributed by atoms with Crippen LogP contribution in [-0.2, 0) is 0 Å². The first-order valence-electron chi connectivity index (χ1n) is 14.5. The number of hydrogen-bond donors (Lipinski definition) is 0. The van der Waals surface area contributed by atoms with Crippen molar-refractivity contribution in [2.75, 3.05) is 0 Å². The number of hydrogen-bond acceptors (Lipinski definition) is 2. The Morgan fingerprint density at radius 3 is 1.53 bits per heavy atom. The molecule has 2 heterocycles. The van der Waals surface area contributed by atoms with Gasteiger partial charge in [0.25, 0.3) is 0 Å². The van der Waals surface area contributed by atoms with Gasteiger partial charge in [-0.2, -0.15) is 0 Å². The second-order valence-corrected chi connectivity index (χ2v) is 10.6. The predicted octanol–water partition coefficient (Wildman–Crippen LogP) is 10.2. The van der Waals surface area contributed by atoms with E-state index >= 15 is 0 Å². The lowest BCUT2D eigenvalue weighted by atomic mass is 9.95. The zero-order valence-corrected chi connectivity index (χ0v) is 23.4. The Labute approximate surface area is 250 Å². The Bertz CT molecular complexity index is 2220. The summed E-state index contributed by atoms with van der Waals surface area (Å²) in [5.41, 5.74) is 10.6. The third kappa shape index (κ3) is 4.30. The molecule has 2 aromatic heterocycles. The first-order chi connectivity index (χ1) is 21.4. The predicted molar refractivity (Wildman–Crippen MR) is 178 cm³/mol. The van der Waals surface area contributed by atoms with Crippen molar-refractivity contribution in [3.63, 3.8) is 0 Å². The molecule has 0 aliphatic rings. The summed E-state index contributed by atoms with van der Waals surface area (Å²) in [5, 5.41) is 2.17. The highest BCUT2D eigenvalue weighted by atomic mass is 15.1. The minimum Gasteiger partial charge on any atom is -0.294 e. The van der Waals surface area contributed by atoms with Crippen LogP contribution in [0.5, 0.6) is 0 Å². The number of para-hydroxylation sites is 2. The minimum atomic E-state index is 0.699. The molecule has 0 bridgehead atoms. The monoisotopic (exact) mass is 549 g/mol. The molecule has 0 spiro atoms. The first kappa shape index (κ1) is 25.0. The van der Waals surface area contributed by atoms with E-state index in [9.17, 15) is 0 Å². The summed E-state index contributed by atoms with van der Waals surface area (Å²) in [6.45, 7) is 0. The average Bonchev–Trinajstić information content (AvgIpc) is 3.43. The van der Waals surface area contributed by atoms with Gasteiger partial charge in [0.05, 0.1) is 16.6 Å². The highest BCUT2D eigenvalue weighted by Crippen LogP contribution is 2.42. The van der Waals surface area contributed by atoms with Crippen LogP contribution in [0.1, 0.15) is 0 Å². The van der Waals surface area contributed by atoms with Crippen molar-refractivity contribution in [3.05, 3.63) is 164 Å². The van der Waals surface area contributed by atoms with Gasteiger partial charge in [0.1, 0.15) is 5.65 Å². The lowest BCUT2D eigenvalue weighted by Gasteiger charge is -2.15. The molecule has 43 heavy (non-hydrogen) atoms. The van der Waals surface area contributed by atoms with Crippen LogP contribution in [0.25, 0.3) is 72.5 Å². The zero-order chi connectivity index (χ0) is 28.6. The number of nitrogens with zero attached hydrogens (tertiary/aromatic N) is 3. The molecule has 0 atom stereocenters. The van der Waals surface area contributed by atoms with Crippen molar-refractivity contribution in [3.8, 4) is 50.6 Å². The van der Waals surface area contributed by atoms with E-state index in [-0.39, 0.29) is 0 Å². The third-order valence-electron chi connectivity index (χ3n) is 8.05. The van der Waals surface area contributed by atoms with Crippen molar-refractivity contribution in [1.82, 2.24) is 14.5 Å². The second-order valence-electron chi connectivity index (χ2n) is 10.6.